The highest BCUT2D eigenvalue weighted by Crippen LogP contribution is 2.35. The molecule has 1 N–H and O–H groups in total. The zero-order valence-electron chi connectivity index (χ0n) is 23.4. The smallest absolute Gasteiger partial charge is 0.241 e. The van der Waals surface area contributed by atoms with E-state index in [2.05, 4.69) is 21.8 Å². The van der Waals surface area contributed by atoms with E-state index in [4.69, 9.17) is 11.6 Å². The number of sulfonamides is 1. The van der Waals surface area contributed by atoms with Gasteiger partial charge in [0, 0.05) is 30.2 Å². The van der Waals surface area contributed by atoms with Gasteiger partial charge < -0.3 is 9.47 Å². The first-order valence-electron chi connectivity index (χ1n) is 13.7. The van der Waals surface area contributed by atoms with Crippen molar-refractivity contribution in [3.8, 4) is 0 Å². The van der Waals surface area contributed by atoms with Gasteiger partial charge in [0.15, 0.2) is 0 Å². The Labute approximate surface area is 247 Å². The van der Waals surface area contributed by atoms with Crippen LogP contribution < -0.4 is 9.62 Å². The van der Waals surface area contributed by atoms with Crippen molar-refractivity contribution in [2.75, 3.05) is 4.90 Å². The highest BCUT2D eigenvalue weighted by molar-refractivity contribution is 7.89. The summed E-state index contributed by atoms with van der Waals surface area (Å²) < 4.78 is 31.4. The maximum atomic E-state index is 13.9. The molecule has 0 saturated heterocycles. The van der Waals surface area contributed by atoms with E-state index in [-0.39, 0.29) is 16.7 Å². The Hall–Kier alpha value is -3.64. The fourth-order valence-corrected chi connectivity index (χ4v) is 6.85. The van der Waals surface area contributed by atoms with Crippen LogP contribution in [0.5, 0.6) is 0 Å². The van der Waals surface area contributed by atoms with Crippen molar-refractivity contribution in [2.45, 2.75) is 62.9 Å². The minimum atomic E-state index is -3.80. The second kappa shape index (κ2) is 12.1. The second-order valence-electron chi connectivity index (χ2n) is 10.6. The van der Waals surface area contributed by atoms with Gasteiger partial charge >= 0.3 is 0 Å². The number of carbonyl (C=O) groups excluding carboxylic acids is 1. The van der Waals surface area contributed by atoms with Crippen LogP contribution in [0.1, 0.15) is 66.4 Å². The molecule has 0 saturated carbocycles. The number of benzene rings is 2. The number of anilines is 1. The molecule has 0 unspecified atom stereocenters. The Morgan fingerprint density at radius 3 is 2.76 bits per heavy atom. The van der Waals surface area contributed by atoms with Crippen LogP contribution in [0.3, 0.4) is 0 Å². The molecule has 2 atom stereocenters. The first-order chi connectivity index (χ1) is 19.6. The Morgan fingerprint density at radius 1 is 1.22 bits per heavy atom. The molecule has 3 aromatic carbocycles. The molecular formula is C32H33ClN4O3S. The largest absolute Gasteiger partial charge is 0.334 e. The van der Waals surface area contributed by atoms with Gasteiger partial charge in [-0.1, -0.05) is 42.8 Å². The Kier molecular flexibility index (Phi) is 8.50. The molecule has 0 aliphatic heterocycles. The van der Waals surface area contributed by atoms with Crippen molar-refractivity contribution in [1.82, 2.24) is 14.3 Å². The van der Waals surface area contributed by atoms with Crippen LogP contribution in [0.25, 0.3) is 0 Å². The molecule has 1 aromatic heterocycles. The highest BCUT2D eigenvalue weighted by atomic mass is 35.5. The third-order valence-corrected chi connectivity index (χ3v) is 9.53. The summed E-state index contributed by atoms with van der Waals surface area (Å²) in [7, 11) is -1.87. The van der Waals surface area contributed by atoms with Gasteiger partial charge in [-0.3, -0.25) is 4.79 Å². The number of aromatic nitrogens is 2. The standard InChI is InChI=1S/C32H33ClN4O3S/c1-22(24-9-5-4-6-10-24)17-32(38)37(21-28-20-34-23(2)36(28)3)27-16-15-25-11-7-14-31(30(25)19-27)35-41(39,40)29-13-8-12-26(33)18-29/h5,8-10,12-13,15-16,18-20,22,31,35H,7,11,14,17,21H2,1-3H3/t22-,31+/m1/s1. The second-order valence-corrected chi connectivity index (χ2v) is 12.8. The van der Waals surface area contributed by atoms with Crippen LogP contribution in [0, 0.1) is 19.1 Å². The number of fused-ring (bicyclic) bond motifs is 1. The van der Waals surface area contributed by atoms with Crippen molar-refractivity contribution >= 4 is 33.2 Å². The monoisotopic (exact) mass is 588 g/mol. The molecule has 0 spiro atoms. The number of amides is 1. The average molecular weight is 589 g/mol. The summed E-state index contributed by atoms with van der Waals surface area (Å²) in [5, 5.41) is 0.361. The number of nitrogens with one attached hydrogen (secondary N) is 1. The highest BCUT2D eigenvalue weighted by Gasteiger charge is 2.28. The van der Waals surface area contributed by atoms with E-state index in [9.17, 15) is 13.2 Å². The van der Waals surface area contributed by atoms with Crippen LogP contribution in [-0.2, 0) is 34.8 Å². The van der Waals surface area contributed by atoms with E-state index in [1.165, 1.54) is 12.1 Å². The quantitative estimate of drug-likeness (QED) is 0.257. The lowest BCUT2D eigenvalue weighted by atomic mass is 9.87. The van der Waals surface area contributed by atoms with Crippen LogP contribution in [0.15, 0.2) is 71.8 Å². The molecule has 0 radical (unpaired) electrons. The SMILES string of the molecule is Cc1ncc(CN(C(=O)C[C@@H](C)c2cc#ccc2)c2ccc3c(c2)[C@@H](NS(=O)(=O)c2cccc(Cl)c2)CCC3)n1C. The fraction of sp³-hybridized carbons (Fsp3) is 0.312. The predicted molar refractivity (Wildman–Crippen MR) is 160 cm³/mol. The minimum Gasteiger partial charge on any atom is -0.334 e. The number of hydrogen-bond donors (Lipinski definition) is 1. The molecule has 7 nitrogen and oxygen atoms in total. The molecule has 5 rings (SSSR count). The fourth-order valence-electron chi connectivity index (χ4n) is 5.30. The van der Waals surface area contributed by atoms with Crippen LogP contribution in [0.2, 0.25) is 5.02 Å². The lowest BCUT2D eigenvalue weighted by molar-refractivity contribution is -0.119. The zero-order chi connectivity index (χ0) is 29.1. The van der Waals surface area contributed by atoms with E-state index in [1.54, 1.807) is 29.3 Å². The van der Waals surface area contributed by atoms with Gasteiger partial charge in [-0.15, -0.1) is 0 Å². The summed E-state index contributed by atoms with van der Waals surface area (Å²) in [6, 6.07) is 23.3. The van der Waals surface area contributed by atoms with Gasteiger partial charge in [0.25, 0.3) is 0 Å². The molecular weight excluding hydrogens is 556 g/mol. The number of carbonyl (C=O) groups is 1. The topological polar surface area (TPSA) is 84.3 Å². The maximum absolute atomic E-state index is 13.9. The first kappa shape index (κ1) is 28.9. The summed E-state index contributed by atoms with van der Waals surface area (Å²) >= 11 is 6.07. The van der Waals surface area contributed by atoms with Gasteiger partial charge in [-0.25, -0.2) is 18.1 Å². The number of aryl methyl sites for hydroxylation is 2. The van der Waals surface area contributed by atoms with E-state index >= 15 is 0 Å². The van der Waals surface area contributed by atoms with Crippen molar-refractivity contribution in [3.05, 3.63) is 112 Å². The first-order valence-corrected chi connectivity index (χ1v) is 15.5. The number of imidazole rings is 1. The molecule has 0 bridgehead atoms. The number of rotatable bonds is 9. The molecule has 41 heavy (non-hydrogen) atoms. The third-order valence-electron chi connectivity index (χ3n) is 7.83. The van der Waals surface area contributed by atoms with Gasteiger partial charge in [0.05, 0.1) is 23.3 Å². The lowest BCUT2D eigenvalue weighted by Gasteiger charge is -2.30. The molecule has 1 amide bonds. The molecule has 1 aliphatic carbocycles. The zero-order valence-corrected chi connectivity index (χ0v) is 25.0. The van der Waals surface area contributed by atoms with Gasteiger partial charge in [0.1, 0.15) is 5.82 Å². The predicted octanol–water partition coefficient (Wildman–Crippen LogP) is 6.07. The summed E-state index contributed by atoms with van der Waals surface area (Å²) in [6.45, 7) is 4.30. The molecule has 1 heterocycles. The van der Waals surface area contributed by atoms with Crippen LogP contribution in [-0.4, -0.2) is 23.9 Å². The van der Waals surface area contributed by atoms with Gasteiger partial charge in [0.2, 0.25) is 15.9 Å². The van der Waals surface area contributed by atoms with Crippen molar-refractivity contribution < 1.29 is 13.2 Å². The van der Waals surface area contributed by atoms with E-state index in [0.717, 1.165) is 46.7 Å². The Morgan fingerprint density at radius 2 is 2.05 bits per heavy atom. The number of nitrogens with zero attached hydrogens (tertiary/aromatic N) is 3. The normalized spacial score (nSPS) is 15.6. The number of hydrogen-bond acceptors (Lipinski definition) is 4. The summed E-state index contributed by atoms with van der Waals surface area (Å²) in [6.07, 6.45) is 4.45. The van der Waals surface area contributed by atoms with Crippen molar-refractivity contribution in [3.63, 3.8) is 0 Å². The molecule has 1 aliphatic rings. The average Bonchev–Trinajstić information content (AvgIpc) is 3.28. The lowest BCUT2D eigenvalue weighted by Crippen LogP contribution is -2.33. The third kappa shape index (κ3) is 6.48. The summed E-state index contributed by atoms with van der Waals surface area (Å²) in [5.41, 5.74) is 4.62. The van der Waals surface area contributed by atoms with Crippen molar-refractivity contribution in [1.29, 1.82) is 0 Å². The Balaban J connectivity index is 1.47. The summed E-state index contributed by atoms with van der Waals surface area (Å²) in [5.74, 6) is 0.813. The maximum Gasteiger partial charge on any atom is 0.241 e. The summed E-state index contributed by atoms with van der Waals surface area (Å²) in [4.78, 5) is 20.2. The van der Waals surface area contributed by atoms with Crippen LogP contribution >= 0.6 is 11.6 Å². The molecule has 9 heteroatoms. The van der Waals surface area contributed by atoms with Gasteiger partial charge in [-0.05, 0) is 97.3 Å². The number of halogens is 1. The van der Waals surface area contributed by atoms with Crippen molar-refractivity contribution in [2.24, 2.45) is 7.05 Å². The molecule has 4 aromatic rings. The molecule has 0 fully saturated rings. The molecule has 212 valence electrons. The van der Waals surface area contributed by atoms with Crippen LogP contribution in [0.4, 0.5) is 5.69 Å². The van der Waals surface area contributed by atoms with E-state index < -0.39 is 16.1 Å². The minimum absolute atomic E-state index is 0.0148. The Bertz CT molecular complexity index is 1650. The van der Waals surface area contributed by atoms with E-state index in [1.807, 2.05) is 55.8 Å². The van der Waals surface area contributed by atoms with Gasteiger partial charge in [-0.2, -0.15) is 0 Å². The van der Waals surface area contributed by atoms with E-state index in [0.29, 0.717) is 24.4 Å².